The summed E-state index contributed by atoms with van der Waals surface area (Å²) >= 11 is 0. The van der Waals surface area contributed by atoms with Crippen molar-refractivity contribution in [2.75, 3.05) is 37.5 Å². The van der Waals surface area contributed by atoms with Gasteiger partial charge in [0, 0.05) is 31.0 Å². The summed E-state index contributed by atoms with van der Waals surface area (Å²) in [5.74, 6) is 1.61. The van der Waals surface area contributed by atoms with Gasteiger partial charge in [-0.3, -0.25) is 9.78 Å². The number of piperidine rings is 1. The lowest BCUT2D eigenvalue weighted by atomic mass is 10.00. The SMILES string of the molecule is COc1ccc(NC(=O)c2cc(N3CCCC(C)C3)ccn2)c(OC)c1. The van der Waals surface area contributed by atoms with Crippen LogP contribution in [0.15, 0.2) is 36.5 Å². The lowest BCUT2D eigenvalue weighted by Crippen LogP contribution is -2.34. The largest absolute Gasteiger partial charge is 0.497 e. The minimum Gasteiger partial charge on any atom is -0.497 e. The Morgan fingerprint density at radius 2 is 2.08 bits per heavy atom. The van der Waals surface area contributed by atoms with Gasteiger partial charge in [-0.05, 0) is 43.0 Å². The predicted octanol–water partition coefficient (Wildman–Crippen LogP) is 3.59. The second kappa shape index (κ2) is 8.08. The molecule has 1 saturated heterocycles. The van der Waals surface area contributed by atoms with Crippen molar-refractivity contribution < 1.29 is 14.3 Å². The van der Waals surface area contributed by atoms with Crippen molar-refractivity contribution in [2.45, 2.75) is 19.8 Å². The summed E-state index contributed by atoms with van der Waals surface area (Å²) in [7, 11) is 3.14. The van der Waals surface area contributed by atoms with E-state index < -0.39 is 0 Å². The number of hydrogen-bond donors (Lipinski definition) is 1. The van der Waals surface area contributed by atoms with Crippen LogP contribution in [0.5, 0.6) is 11.5 Å². The average molecular weight is 355 g/mol. The van der Waals surface area contributed by atoms with E-state index in [0.29, 0.717) is 28.8 Å². The molecule has 0 saturated carbocycles. The van der Waals surface area contributed by atoms with Gasteiger partial charge >= 0.3 is 0 Å². The van der Waals surface area contributed by atoms with E-state index in [2.05, 4.69) is 22.1 Å². The average Bonchev–Trinajstić information content (AvgIpc) is 2.68. The van der Waals surface area contributed by atoms with Gasteiger partial charge < -0.3 is 19.7 Å². The van der Waals surface area contributed by atoms with Crippen molar-refractivity contribution in [3.05, 3.63) is 42.2 Å². The normalized spacial score (nSPS) is 16.9. The maximum absolute atomic E-state index is 12.7. The molecule has 6 nitrogen and oxygen atoms in total. The van der Waals surface area contributed by atoms with Gasteiger partial charge in [-0.2, -0.15) is 0 Å². The Kier molecular flexibility index (Phi) is 5.61. The van der Waals surface area contributed by atoms with E-state index >= 15 is 0 Å². The lowest BCUT2D eigenvalue weighted by Gasteiger charge is -2.32. The van der Waals surface area contributed by atoms with Crippen LogP contribution in [-0.4, -0.2) is 38.2 Å². The highest BCUT2D eigenvalue weighted by atomic mass is 16.5. The zero-order valence-electron chi connectivity index (χ0n) is 15.5. The Balaban J connectivity index is 1.77. The van der Waals surface area contributed by atoms with Crippen molar-refractivity contribution in [3.8, 4) is 11.5 Å². The van der Waals surface area contributed by atoms with Gasteiger partial charge in [0.2, 0.25) is 0 Å². The molecule has 2 heterocycles. The summed E-state index contributed by atoms with van der Waals surface area (Å²) in [6.45, 7) is 4.29. The molecule has 1 aromatic carbocycles. The molecule has 1 aliphatic rings. The van der Waals surface area contributed by atoms with E-state index in [1.54, 1.807) is 38.6 Å². The highest BCUT2D eigenvalue weighted by molar-refractivity contribution is 6.04. The van der Waals surface area contributed by atoms with Crippen LogP contribution in [0.1, 0.15) is 30.3 Å². The Labute approximate surface area is 154 Å². The third kappa shape index (κ3) is 4.07. The monoisotopic (exact) mass is 355 g/mol. The first-order valence-corrected chi connectivity index (χ1v) is 8.85. The number of pyridine rings is 1. The third-order valence-corrected chi connectivity index (χ3v) is 4.66. The number of nitrogens with one attached hydrogen (secondary N) is 1. The molecule has 6 heteroatoms. The van der Waals surface area contributed by atoms with Gasteiger partial charge in [-0.25, -0.2) is 0 Å². The van der Waals surface area contributed by atoms with Crippen LogP contribution < -0.4 is 19.7 Å². The van der Waals surface area contributed by atoms with Crippen LogP contribution in [0.25, 0.3) is 0 Å². The van der Waals surface area contributed by atoms with Crippen molar-refractivity contribution >= 4 is 17.3 Å². The molecule has 1 amide bonds. The number of amides is 1. The number of ether oxygens (including phenoxy) is 2. The van der Waals surface area contributed by atoms with Crippen LogP contribution in [-0.2, 0) is 0 Å². The van der Waals surface area contributed by atoms with Crippen molar-refractivity contribution in [1.82, 2.24) is 4.98 Å². The highest BCUT2D eigenvalue weighted by Gasteiger charge is 2.18. The van der Waals surface area contributed by atoms with Crippen LogP contribution >= 0.6 is 0 Å². The summed E-state index contributed by atoms with van der Waals surface area (Å²) in [5, 5.41) is 2.87. The molecule has 26 heavy (non-hydrogen) atoms. The van der Waals surface area contributed by atoms with Gasteiger partial charge in [-0.15, -0.1) is 0 Å². The topological polar surface area (TPSA) is 63.7 Å². The minimum atomic E-state index is -0.264. The number of carbonyl (C=O) groups is 1. The number of nitrogens with zero attached hydrogens (tertiary/aromatic N) is 2. The number of rotatable bonds is 5. The second-order valence-corrected chi connectivity index (χ2v) is 6.61. The fourth-order valence-electron chi connectivity index (χ4n) is 3.25. The zero-order valence-corrected chi connectivity index (χ0v) is 15.5. The van der Waals surface area contributed by atoms with E-state index in [9.17, 15) is 4.79 Å². The molecule has 1 fully saturated rings. The second-order valence-electron chi connectivity index (χ2n) is 6.61. The van der Waals surface area contributed by atoms with Gasteiger partial charge in [0.15, 0.2) is 0 Å². The number of hydrogen-bond acceptors (Lipinski definition) is 5. The molecular weight excluding hydrogens is 330 g/mol. The molecule has 138 valence electrons. The molecule has 0 bridgehead atoms. The quantitative estimate of drug-likeness (QED) is 0.888. The van der Waals surface area contributed by atoms with E-state index in [4.69, 9.17) is 9.47 Å². The smallest absolute Gasteiger partial charge is 0.274 e. The number of methoxy groups -OCH3 is 2. The minimum absolute atomic E-state index is 0.264. The van der Waals surface area contributed by atoms with Gasteiger partial charge in [0.25, 0.3) is 5.91 Å². The summed E-state index contributed by atoms with van der Waals surface area (Å²) < 4.78 is 10.5. The lowest BCUT2D eigenvalue weighted by molar-refractivity contribution is 0.102. The van der Waals surface area contributed by atoms with E-state index in [1.807, 2.05) is 12.1 Å². The van der Waals surface area contributed by atoms with Gasteiger partial charge in [0.05, 0.1) is 19.9 Å². The summed E-state index contributed by atoms with van der Waals surface area (Å²) in [6, 6.07) is 9.07. The fraction of sp³-hybridized carbons (Fsp3) is 0.400. The van der Waals surface area contributed by atoms with E-state index in [-0.39, 0.29) is 5.91 Å². The standard InChI is InChI=1S/C20H25N3O3/c1-14-5-4-10-23(13-14)15-8-9-21-18(11-15)20(24)22-17-7-6-16(25-2)12-19(17)26-3/h6-9,11-12,14H,4-5,10,13H2,1-3H3,(H,22,24). The van der Waals surface area contributed by atoms with Crippen molar-refractivity contribution in [3.63, 3.8) is 0 Å². The third-order valence-electron chi connectivity index (χ3n) is 4.66. The molecule has 1 atom stereocenters. The summed E-state index contributed by atoms with van der Waals surface area (Å²) in [5.41, 5.74) is 2.01. The first kappa shape index (κ1) is 18.0. The number of carbonyl (C=O) groups excluding carboxylic acids is 1. The van der Waals surface area contributed by atoms with Crippen LogP contribution in [0.4, 0.5) is 11.4 Å². The first-order chi connectivity index (χ1) is 12.6. The molecule has 1 unspecified atom stereocenters. The fourth-order valence-corrected chi connectivity index (χ4v) is 3.25. The Morgan fingerprint density at radius 1 is 1.23 bits per heavy atom. The van der Waals surface area contributed by atoms with E-state index in [0.717, 1.165) is 18.8 Å². The molecular formula is C20H25N3O3. The van der Waals surface area contributed by atoms with E-state index in [1.165, 1.54) is 12.8 Å². The molecule has 0 spiro atoms. The summed E-state index contributed by atoms with van der Waals surface area (Å²) in [6.07, 6.45) is 4.12. The van der Waals surface area contributed by atoms with Crippen molar-refractivity contribution in [1.29, 1.82) is 0 Å². The van der Waals surface area contributed by atoms with Crippen LogP contribution in [0.2, 0.25) is 0 Å². The summed E-state index contributed by atoms with van der Waals surface area (Å²) in [4.78, 5) is 19.2. The molecule has 1 N–H and O–H groups in total. The van der Waals surface area contributed by atoms with Gasteiger partial charge in [0.1, 0.15) is 17.2 Å². The molecule has 2 aromatic rings. The molecule has 0 aliphatic carbocycles. The Morgan fingerprint density at radius 3 is 2.81 bits per heavy atom. The molecule has 3 rings (SSSR count). The molecule has 0 radical (unpaired) electrons. The molecule has 1 aromatic heterocycles. The zero-order chi connectivity index (χ0) is 18.5. The highest BCUT2D eigenvalue weighted by Crippen LogP contribution is 2.29. The van der Waals surface area contributed by atoms with Crippen LogP contribution in [0, 0.1) is 5.92 Å². The maximum atomic E-state index is 12.7. The Bertz CT molecular complexity index is 779. The number of aromatic nitrogens is 1. The Hall–Kier alpha value is -2.76. The maximum Gasteiger partial charge on any atom is 0.274 e. The van der Waals surface area contributed by atoms with Crippen LogP contribution in [0.3, 0.4) is 0 Å². The number of benzene rings is 1. The van der Waals surface area contributed by atoms with Crippen molar-refractivity contribution in [2.24, 2.45) is 5.92 Å². The molecule has 1 aliphatic heterocycles. The number of anilines is 2. The predicted molar refractivity (Wildman–Crippen MR) is 102 cm³/mol. The first-order valence-electron chi connectivity index (χ1n) is 8.85. The van der Waals surface area contributed by atoms with Gasteiger partial charge in [-0.1, -0.05) is 6.92 Å².